The lowest BCUT2D eigenvalue weighted by Gasteiger charge is -2.31. The van der Waals surface area contributed by atoms with Crippen molar-refractivity contribution in [1.29, 1.82) is 0 Å². The second-order valence-electron chi connectivity index (χ2n) is 4.77. The SMILES string of the molecule is CCC1(N)CC=C(c2cc(Br)ccc2F)CC1. The van der Waals surface area contributed by atoms with Gasteiger partial charge in [0, 0.05) is 15.6 Å². The molecule has 0 aliphatic heterocycles. The van der Waals surface area contributed by atoms with E-state index in [4.69, 9.17) is 5.73 Å². The third-order valence-electron chi connectivity index (χ3n) is 3.63. The Labute approximate surface area is 110 Å². The lowest BCUT2D eigenvalue weighted by molar-refractivity contribution is 0.379. The van der Waals surface area contributed by atoms with Crippen LogP contribution >= 0.6 is 15.9 Å². The summed E-state index contributed by atoms with van der Waals surface area (Å²) in [5.41, 5.74) is 7.92. The predicted molar refractivity (Wildman–Crippen MR) is 73.1 cm³/mol. The van der Waals surface area contributed by atoms with Crippen LogP contribution in [0.4, 0.5) is 4.39 Å². The third kappa shape index (κ3) is 2.78. The average Bonchev–Trinajstić information content (AvgIpc) is 2.34. The van der Waals surface area contributed by atoms with Crippen molar-refractivity contribution in [2.24, 2.45) is 5.73 Å². The molecule has 0 spiro atoms. The zero-order chi connectivity index (χ0) is 12.5. The first-order chi connectivity index (χ1) is 8.04. The van der Waals surface area contributed by atoms with Gasteiger partial charge in [0.05, 0.1) is 0 Å². The highest BCUT2D eigenvalue weighted by Gasteiger charge is 2.26. The van der Waals surface area contributed by atoms with Crippen molar-refractivity contribution >= 4 is 21.5 Å². The number of benzene rings is 1. The Morgan fingerprint density at radius 3 is 2.82 bits per heavy atom. The number of hydrogen-bond acceptors (Lipinski definition) is 1. The molecule has 2 rings (SSSR count). The van der Waals surface area contributed by atoms with E-state index < -0.39 is 0 Å². The fourth-order valence-corrected chi connectivity index (χ4v) is 2.58. The average molecular weight is 298 g/mol. The van der Waals surface area contributed by atoms with Crippen LogP contribution in [0.2, 0.25) is 0 Å². The van der Waals surface area contributed by atoms with Crippen molar-refractivity contribution in [3.8, 4) is 0 Å². The Morgan fingerprint density at radius 1 is 1.47 bits per heavy atom. The van der Waals surface area contributed by atoms with E-state index in [1.807, 2.05) is 6.07 Å². The maximum absolute atomic E-state index is 13.7. The van der Waals surface area contributed by atoms with Gasteiger partial charge in [-0.25, -0.2) is 4.39 Å². The first kappa shape index (κ1) is 12.8. The molecule has 92 valence electrons. The van der Waals surface area contributed by atoms with Gasteiger partial charge in [-0.1, -0.05) is 28.9 Å². The molecule has 1 aliphatic rings. The van der Waals surface area contributed by atoms with E-state index in [1.165, 1.54) is 6.07 Å². The van der Waals surface area contributed by atoms with Crippen LogP contribution in [0.3, 0.4) is 0 Å². The molecular weight excluding hydrogens is 281 g/mol. The Hall–Kier alpha value is -0.670. The summed E-state index contributed by atoms with van der Waals surface area (Å²) in [6.07, 6.45) is 5.69. The molecule has 0 amide bonds. The van der Waals surface area contributed by atoms with E-state index in [0.717, 1.165) is 35.7 Å². The van der Waals surface area contributed by atoms with Gasteiger partial charge in [-0.2, -0.15) is 0 Å². The molecule has 0 heterocycles. The summed E-state index contributed by atoms with van der Waals surface area (Å²) in [4.78, 5) is 0. The van der Waals surface area contributed by atoms with Crippen molar-refractivity contribution in [2.75, 3.05) is 0 Å². The minimum atomic E-state index is -0.152. The molecule has 0 saturated carbocycles. The van der Waals surface area contributed by atoms with Crippen LogP contribution < -0.4 is 5.73 Å². The maximum Gasteiger partial charge on any atom is 0.130 e. The maximum atomic E-state index is 13.7. The minimum absolute atomic E-state index is 0.0913. The molecule has 0 saturated heterocycles. The van der Waals surface area contributed by atoms with E-state index in [9.17, 15) is 4.39 Å². The zero-order valence-corrected chi connectivity index (χ0v) is 11.6. The van der Waals surface area contributed by atoms with Gasteiger partial charge < -0.3 is 5.73 Å². The highest BCUT2D eigenvalue weighted by Crippen LogP contribution is 2.34. The molecule has 0 bridgehead atoms. The van der Waals surface area contributed by atoms with Gasteiger partial charge in [-0.05, 0) is 49.5 Å². The highest BCUT2D eigenvalue weighted by molar-refractivity contribution is 9.10. The summed E-state index contributed by atoms with van der Waals surface area (Å²) >= 11 is 3.38. The molecule has 0 radical (unpaired) electrons. The summed E-state index contributed by atoms with van der Waals surface area (Å²) in [5.74, 6) is -0.152. The van der Waals surface area contributed by atoms with Gasteiger partial charge in [-0.3, -0.25) is 0 Å². The van der Waals surface area contributed by atoms with Gasteiger partial charge in [-0.15, -0.1) is 0 Å². The van der Waals surface area contributed by atoms with Gasteiger partial charge in [0.15, 0.2) is 0 Å². The van der Waals surface area contributed by atoms with Crippen LogP contribution in [0, 0.1) is 5.82 Å². The first-order valence-electron chi connectivity index (χ1n) is 5.97. The lowest BCUT2D eigenvalue weighted by Crippen LogP contribution is -2.40. The zero-order valence-electron chi connectivity index (χ0n) is 9.97. The summed E-state index contributed by atoms with van der Waals surface area (Å²) in [5, 5.41) is 0. The highest BCUT2D eigenvalue weighted by atomic mass is 79.9. The summed E-state index contributed by atoms with van der Waals surface area (Å²) < 4.78 is 14.6. The number of halogens is 2. The summed E-state index contributed by atoms with van der Waals surface area (Å²) in [6, 6.07) is 5.07. The Balaban J connectivity index is 2.28. The van der Waals surface area contributed by atoms with Crippen LogP contribution in [-0.4, -0.2) is 5.54 Å². The topological polar surface area (TPSA) is 26.0 Å². The Bertz CT molecular complexity index is 456. The molecule has 1 aromatic carbocycles. The van der Waals surface area contributed by atoms with E-state index in [0.29, 0.717) is 5.56 Å². The van der Waals surface area contributed by atoms with E-state index in [1.54, 1.807) is 6.07 Å². The smallest absolute Gasteiger partial charge is 0.130 e. The predicted octanol–water partition coefficient (Wildman–Crippen LogP) is 4.26. The van der Waals surface area contributed by atoms with Crippen molar-refractivity contribution in [3.63, 3.8) is 0 Å². The van der Waals surface area contributed by atoms with Gasteiger partial charge >= 0.3 is 0 Å². The number of hydrogen-bond donors (Lipinski definition) is 1. The Morgan fingerprint density at radius 2 is 2.24 bits per heavy atom. The second kappa shape index (κ2) is 4.91. The van der Waals surface area contributed by atoms with Crippen molar-refractivity contribution in [3.05, 3.63) is 40.1 Å². The van der Waals surface area contributed by atoms with Crippen molar-refractivity contribution in [1.82, 2.24) is 0 Å². The van der Waals surface area contributed by atoms with Crippen LogP contribution in [-0.2, 0) is 0 Å². The van der Waals surface area contributed by atoms with E-state index in [-0.39, 0.29) is 11.4 Å². The number of allylic oxidation sites excluding steroid dienone is 1. The van der Waals surface area contributed by atoms with E-state index in [2.05, 4.69) is 28.9 Å². The quantitative estimate of drug-likeness (QED) is 0.867. The summed E-state index contributed by atoms with van der Waals surface area (Å²) in [6.45, 7) is 2.11. The molecule has 1 atom stereocenters. The van der Waals surface area contributed by atoms with Crippen LogP contribution in [0.5, 0.6) is 0 Å². The van der Waals surface area contributed by atoms with Gasteiger partial charge in [0.25, 0.3) is 0 Å². The molecule has 1 nitrogen and oxygen atoms in total. The lowest BCUT2D eigenvalue weighted by atomic mass is 9.80. The van der Waals surface area contributed by atoms with Gasteiger partial charge in [0.2, 0.25) is 0 Å². The fourth-order valence-electron chi connectivity index (χ4n) is 2.22. The van der Waals surface area contributed by atoms with Crippen LogP contribution in [0.25, 0.3) is 5.57 Å². The first-order valence-corrected chi connectivity index (χ1v) is 6.77. The molecular formula is C14H17BrFN. The molecule has 1 unspecified atom stereocenters. The number of rotatable bonds is 2. The molecule has 0 fully saturated rings. The van der Waals surface area contributed by atoms with Crippen molar-refractivity contribution in [2.45, 2.75) is 38.1 Å². The standard InChI is InChI=1S/C14H17BrFN/c1-2-14(17)7-5-10(6-8-14)12-9-11(15)3-4-13(12)16/h3-5,9H,2,6-8,17H2,1H3. The Kier molecular flexibility index (Phi) is 3.69. The molecule has 1 aliphatic carbocycles. The normalized spacial score (nSPS) is 24.6. The monoisotopic (exact) mass is 297 g/mol. The largest absolute Gasteiger partial charge is 0.325 e. The van der Waals surface area contributed by atoms with Crippen LogP contribution in [0.1, 0.15) is 38.2 Å². The van der Waals surface area contributed by atoms with Gasteiger partial charge in [0.1, 0.15) is 5.82 Å². The van der Waals surface area contributed by atoms with E-state index >= 15 is 0 Å². The summed E-state index contributed by atoms with van der Waals surface area (Å²) in [7, 11) is 0. The fraction of sp³-hybridized carbons (Fsp3) is 0.429. The number of nitrogens with two attached hydrogens (primary N) is 1. The molecule has 17 heavy (non-hydrogen) atoms. The molecule has 1 aromatic rings. The second-order valence-corrected chi connectivity index (χ2v) is 5.69. The molecule has 3 heteroatoms. The minimum Gasteiger partial charge on any atom is -0.325 e. The van der Waals surface area contributed by atoms with Crippen LogP contribution in [0.15, 0.2) is 28.7 Å². The molecule has 2 N–H and O–H groups in total. The molecule has 0 aromatic heterocycles. The third-order valence-corrected chi connectivity index (χ3v) is 4.12. The van der Waals surface area contributed by atoms with Crippen molar-refractivity contribution < 1.29 is 4.39 Å².